The summed E-state index contributed by atoms with van der Waals surface area (Å²) in [7, 11) is 0. The van der Waals surface area contributed by atoms with Gasteiger partial charge >= 0.3 is 0 Å². The minimum atomic E-state index is 0.671. The largest absolute Gasteiger partial charge is 0.296 e. The SMILES string of the molecule is CCCCCCCCC(C)N(C(C)C)C(C)C. The van der Waals surface area contributed by atoms with Gasteiger partial charge in [-0.25, -0.2) is 0 Å². The summed E-state index contributed by atoms with van der Waals surface area (Å²) in [6.07, 6.45) is 9.83. The summed E-state index contributed by atoms with van der Waals surface area (Å²) in [5, 5.41) is 0. The molecule has 0 amide bonds. The summed E-state index contributed by atoms with van der Waals surface area (Å²) in [5.41, 5.74) is 0. The third-order valence-corrected chi connectivity index (χ3v) is 3.68. The maximum atomic E-state index is 2.64. The van der Waals surface area contributed by atoms with Crippen molar-refractivity contribution in [2.45, 2.75) is 105 Å². The lowest BCUT2D eigenvalue weighted by atomic mass is 10.0. The molecule has 0 saturated carbocycles. The molecule has 17 heavy (non-hydrogen) atoms. The second-order valence-electron chi connectivity index (χ2n) is 6.04. The van der Waals surface area contributed by atoms with Crippen molar-refractivity contribution in [2.75, 3.05) is 0 Å². The van der Waals surface area contributed by atoms with Crippen LogP contribution in [0.4, 0.5) is 0 Å². The first-order valence-electron chi connectivity index (χ1n) is 7.78. The molecule has 0 N–H and O–H groups in total. The average Bonchev–Trinajstić information content (AvgIpc) is 2.22. The minimum absolute atomic E-state index is 0.671. The number of hydrogen-bond acceptors (Lipinski definition) is 1. The summed E-state index contributed by atoms with van der Waals surface area (Å²) in [4.78, 5) is 2.64. The molecule has 0 bridgehead atoms. The average molecular weight is 241 g/mol. The minimum Gasteiger partial charge on any atom is -0.296 e. The zero-order valence-corrected chi connectivity index (χ0v) is 13.1. The van der Waals surface area contributed by atoms with Crippen LogP contribution >= 0.6 is 0 Å². The Morgan fingerprint density at radius 2 is 1.18 bits per heavy atom. The normalized spacial score (nSPS) is 13.9. The van der Waals surface area contributed by atoms with Gasteiger partial charge in [0, 0.05) is 18.1 Å². The molecule has 0 aromatic carbocycles. The Morgan fingerprint density at radius 3 is 1.65 bits per heavy atom. The molecule has 0 saturated heterocycles. The van der Waals surface area contributed by atoms with Gasteiger partial charge in [0.15, 0.2) is 0 Å². The lowest BCUT2D eigenvalue weighted by Gasteiger charge is -2.36. The molecule has 0 spiro atoms. The van der Waals surface area contributed by atoms with Gasteiger partial charge in [-0.1, -0.05) is 45.4 Å². The highest BCUT2D eigenvalue weighted by molar-refractivity contribution is 4.74. The molecule has 1 heteroatoms. The maximum Gasteiger partial charge on any atom is 0.00723 e. The molecular formula is C16H35N. The Balaban J connectivity index is 3.72. The lowest BCUT2D eigenvalue weighted by Crippen LogP contribution is -2.43. The first-order chi connectivity index (χ1) is 8.00. The van der Waals surface area contributed by atoms with Crippen molar-refractivity contribution in [1.29, 1.82) is 0 Å². The van der Waals surface area contributed by atoms with E-state index in [9.17, 15) is 0 Å². The second-order valence-corrected chi connectivity index (χ2v) is 6.04. The molecule has 0 rings (SSSR count). The molecule has 1 nitrogen and oxygen atoms in total. The molecule has 0 aromatic rings. The Labute approximate surface area is 110 Å². The maximum absolute atomic E-state index is 2.64. The molecular weight excluding hydrogens is 206 g/mol. The fourth-order valence-corrected chi connectivity index (χ4v) is 2.98. The lowest BCUT2D eigenvalue weighted by molar-refractivity contribution is 0.115. The van der Waals surface area contributed by atoms with Crippen molar-refractivity contribution < 1.29 is 0 Å². The predicted molar refractivity (Wildman–Crippen MR) is 79.6 cm³/mol. The van der Waals surface area contributed by atoms with Gasteiger partial charge in [-0.3, -0.25) is 4.90 Å². The van der Waals surface area contributed by atoms with Crippen molar-refractivity contribution in [3.05, 3.63) is 0 Å². The number of hydrogen-bond donors (Lipinski definition) is 0. The smallest absolute Gasteiger partial charge is 0.00723 e. The van der Waals surface area contributed by atoms with Crippen molar-refractivity contribution in [1.82, 2.24) is 4.90 Å². The molecule has 0 fully saturated rings. The van der Waals surface area contributed by atoms with Gasteiger partial charge in [-0.05, 0) is 41.0 Å². The zero-order valence-electron chi connectivity index (χ0n) is 13.1. The van der Waals surface area contributed by atoms with Gasteiger partial charge in [0.1, 0.15) is 0 Å². The van der Waals surface area contributed by atoms with Crippen LogP contribution in [0, 0.1) is 0 Å². The molecule has 0 radical (unpaired) electrons. The van der Waals surface area contributed by atoms with Gasteiger partial charge < -0.3 is 0 Å². The van der Waals surface area contributed by atoms with Crippen LogP contribution in [0.25, 0.3) is 0 Å². The third-order valence-electron chi connectivity index (χ3n) is 3.68. The Bertz CT molecular complexity index is 155. The monoisotopic (exact) mass is 241 g/mol. The van der Waals surface area contributed by atoms with E-state index < -0.39 is 0 Å². The van der Waals surface area contributed by atoms with Gasteiger partial charge in [0.05, 0.1) is 0 Å². The van der Waals surface area contributed by atoms with Crippen LogP contribution in [0.15, 0.2) is 0 Å². The Kier molecular flexibility index (Phi) is 9.91. The van der Waals surface area contributed by atoms with Gasteiger partial charge in [-0.2, -0.15) is 0 Å². The molecule has 0 aliphatic carbocycles. The molecule has 1 unspecified atom stereocenters. The van der Waals surface area contributed by atoms with E-state index in [1.54, 1.807) is 0 Å². The first kappa shape index (κ1) is 17.0. The van der Waals surface area contributed by atoms with E-state index in [-0.39, 0.29) is 0 Å². The van der Waals surface area contributed by atoms with Gasteiger partial charge in [-0.15, -0.1) is 0 Å². The van der Waals surface area contributed by atoms with Crippen LogP contribution in [0.1, 0.15) is 86.5 Å². The third kappa shape index (κ3) is 7.81. The highest BCUT2D eigenvalue weighted by Crippen LogP contribution is 2.16. The fraction of sp³-hybridized carbons (Fsp3) is 1.00. The highest BCUT2D eigenvalue weighted by Gasteiger charge is 2.19. The number of nitrogens with zero attached hydrogens (tertiary/aromatic N) is 1. The molecule has 0 aliphatic heterocycles. The second kappa shape index (κ2) is 9.94. The fourth-order valence-electron chi connectivity index (χ4n) is 2.98. The molecule has 0 heterocycles. The Morgan fingerprint density at radius 1 is 0.706 bits per heavy atom. The van der Waals surface area contributed by atoms with E-state index in [2.05, 4.69) is 46.4 Å². The van der Waals surface area contributed by atoms with Gasteiger partial charge in [0.25, 0.3) is 0 Å². The van der Waals surface area contributed by atoms with E-state index >= 15 is 0 Å². The van der Waals surface area contributed by atoms with Crippen molar-refractivity contribution >= 4 is 0 Å². The summed E-state index contributed by atoms with van der Waals surface area (Å²) in [6, 6.07) is 2.08. The van der Waals surface area contributed by atoms with E-state index in [4.69, 9.17) is 0 Å². The quantitative estimate of drug-likeness (QED) is 0.472. The van der Waals surface area contributed by atoms with Crippen LogP contribution in [0.2, 0.25) is 0 Å². The van der Waals surface area contributed by atoms with Crippen LogP contribution in [-0.2, 0) is 0 Å². The van der Waals surface area contributed by atoms with Crippen molar-refractivity contribution in [3.8, 4) is 0 Å². The summed E-state index contributed by atoms with van der Waals surface area (Å²) in [6.45, 7) is 13.9. The summed E-state index contributed by atoms with van der Waals surface area (Å²) in [5.74, 6) is 0. The van der Waals surface area contributed by atoms with Crippen LogP contribution in [0.3, 0.4) is 0 Å². The Hall–Kier alpha value is -0.0400. The molecule has 1 atom stereocenters. The highest BCUT2D eigenvalue weighted by atomic mass is 15.2. The van der Waals surface area contributed by atoms with Gasteiger partial charge in [0.2, 0.25) is 0 Å². The summed E-state index contributed by atoms with van der Waals surface area (Å²) < 4.78 is 0. The van der Waals surface area contributed by atoms with E-state index in [1.165, 1.54) is 44.9 Å². The van der Waals surface area contributed by atoms with Crippen LogP contribution < -0.4 is 0 Å². The molecule has 104 valence electrons. The van der Waals surface area contributed by atoms with E-state index in [1.807, 2.05) is 0 Å². The standard InChI is InChI=1S/C16H35N/c1-7-8-9-10-11-12-13-16(6)17(14(2)3)15(4)5/h14-16H,7-13H2,1-6H3. The van der Waals surface area contributed by atoms with E-state index in [0.717, 1.165) is 6.04 Å². The number of unbranched alkanes of at least 4 members (excludes halogenated alkanes) is 5. The molecule has 0 aliphatic rings. The van der Waals surface area contributed by atoms with Crippen LogP contribution in [0.5, 0.6) is 0 Å². The van der Waals surface area contributed by atoms with Crippen molar-refractivity contribution in [2.24, 2.45) is 0 Å². The summed E-state index contributed by atoms with van der Waals surface area (Å²) >= 11 is 0. The van der Waals surface area contributed by atoms with Crippen LogP contribution in [-0.4, -0.2) is 23.0 Å². The zero-order chi connectivity index (χ0) is 13.3. The predicted octanol–water partition coefficient (Wildman–Crippen LogP) is 5.24. The topological polar surface area (TPSA) is 3.24 Å². The van der Waals surface area contributed by atoms with Crippen molar-refractivity contribution in [3.63, 3.8) is 0 Å². The number of rotatable bonds is 10. The van der Waals surface area contributed by atoms with E-state index in [0.29, 0.717) is 12.1 Å². The first-order valence-corrected chi connectivity index (χ1v) is 7.78. The molecule has 0 aromatic heterocycles.